The van der Waals surface area contributed by atoms with Gasteiger partial charge in [-0.1, -0.05) is 59.8 Å². The molecular formula is C26H24N4O2. The summed E-state index contributed by atoms with van der Waals surface area (Å²) in [5, 5.41) is 18.8. The van der Waals surface area contributed by atoms with Crippen LogP contribution in [-0.2, 0) is 24.4 Å². The van der Waals surface area contributed by atoms with Crippen LogP contribution in [0.15, 0.2) is 90.5 Å². The largest absolute Gasteiger partial charge is 0.394 e. The Morgan fingerprint density at radius 2 is 1.78 bits per heavy atom. The van der Waals surface area contributed by atoms with Crippen LogP contribution in [-0.4, -0.2) is 32.2 Å². The lowest BCUT2D eigenvalue weighted by atomic mass is 9.93. The first kappa shape index (κ1) is 20.2. The van der Waals surface area contributed by atoms with E-state index in [4.69, 9.17) is 4.84 Å². The minimum absolute atomic E-state index is 0.0128. The summed E-state index contributed by atoms with van der Waals surface area (Å²) in [4.78, 5) is 9.97. The van der Waals surface area contributed by atoms with Crippen LogP contribution in [0.4, 0.5) is 0 Å². The highest BCUT2D eigenvalue weighted by Gasteiger charge is 2.33. The van der Waals surface area contributed by atoms with Crippen molar-refractivity contribution in [1.82, 2.24) is 14.8 Å². The maximum absolute atomic E-state index is 9.57. The Hall–Kier alpha value is -3.77. The molecule has 2 heterocycles. The number of aliphatic hydroxyl groups is 1. The van der Waals surface area contributed by atoms with Gasteiger partial charge in [0.1, 0.15) is 6.61 Å². The summed E-state index contributed by atoms with van der Waals surface area (Å²) in [6.07, 6.45) is 6.27. The molecule has 0 bridgehead atoms. The summed E-state index contributed by atoms with van der Waals surface area (Å²) in [5.74, 6) is 0.0128. The van der Waals surface area contributed by atoms with Crippen LogP contribution >= 0.6 is 0 Å². The minimum Gasteiger partial charge on any atom is -0.394 e. The van der Waals surface area contributed by atoms with E-state index in [-0.39, 0.29) is 12.5 Å². The molecule has 0 saturated heterocycles. The molecule has 0 saturated carbocycles. The lowest BCUT2D eigenvalue weighted by Crippen LogP contribution is -2.12. The van der Waals surface area contributed by atoms with Crippen molar-refractivity contribution in [3.05, 3.63) is 108 Å². The van der Waals surface area contributed by atoms with Crippen LogP contribution in [0.5, 0.6) is 0 Å². The topological polar surface area (TPSA) is 72.5 Å². The van der Waals surface area contributed by atoms with E-state index in [2.05, 4.69) is 33.4 Å². The van der Waals surface area contributed by atoms with Crippen LogP contribution in [0.3, 0.4) is 0 Å². The highest BCUT2D eigenvalue weighted by Crippen LogP contribution is 2.39. The summed E-state index contributed by atoms with van der Waals surface area (Å²) in [7, 11) is 0. The molecular weight excluding hydrogens is 400 g/mol. The molecule has 160 valence electrons. The fourth-order valence-corrected chi connectivity index (χ4v) is 4.32. The predicted octanol–water partition coefficient (Wildman–Crippen LogP) is 4.20. The van der Waals surface area contributed by atoms with E-state index in [0.29, 0.717) is 13.2 Å². The van der Waals surface area contributed by atoms with Crippen molar-refractivity contribution in [1.29, 1.82) is 0 Å². The number of aliphatic hydroxyl groups excluding tert-OH is 1. The van der Waals surface area contributed by atoms with Crippen molar-refractivity contribution in [2.24, 2.45) is 5.16 Å². The molecule has 0 amide bonds. The molecule has 1 aliphatic rings. The predicted molar refractivity (Wildman–Crippen MR) is 123 cm³/mol. The van der Waals surface area contributed by atoms with E-state index in [1.807, 2.05) is 59.4 Å². The van der Waals surface area contributed by atoms with Crippen LogP contribution in [0.2, 0.25) is 0 Å². The van der Waals surface area contributed by atoms with E-state index >= 15 is 0 Å². The second-order valence-electron chi connectivity index (χ2n) is 7.78. The van der Waals surface area contributed by atoms with Crippen molar-refractivity contribution in [2.45, 2.75) is 25.5 Å². The Bertz CT molecular complexity index is 1220. The molecule has 6 heteroatoms. The fraction of sp³-hybridized carbons (Fsp3) is 0.192. The molecule has 2 aromatic heterocycles. The first-order valence-corrected chi connectivity index (χ1v) is 10.7. The SMILES string of the molecule is OCCn1ncc([C@@H]2Cc3ccccc3/C2=N/OCc2ccccc2)c1-c1ccncc1. The van der Waals surface area contributed by atoms with Gasteiger partial charge in [-0.3, -0.25) is 9.67 Å². The average Bonchev–Trinajstić information content (AvgIpc) is 3.42. The molecule has 0 radical (unpaired) electrons. The third kappa shape index (κ3) is 3.92. The first-order valence-electron chi connectivity index (χ1n) is 10.7. The van der Waals surface area contributed by atoms with Crippen molar-refractivity contribution in [2.75, 3.05) is 6.61 Å². The quantitative estimate of drug-likeness (QED) is 0.452. The second kappa shape index (κ2) is 9.16. The molecule has 4 aromatic rings. The number of oxime groups is 1. The number of hydrogen-bond acceptors (Lipinski definition) is 5. The zero-order valence-electron chi connectivity index (χ0n) is 17.6. The summed E-state index contributed by atoms with van der Waals surface area (Å²) >= 11 is 0. The molecule has 1 N–H and O–H groups in total. The van der Waals surface area contributed by atoms with Crippen LogP contribution < -0.4 is 0 Å². The van der Waals surface area contributed by atoms with Crippen molar-refractivity contribution in [3.63, 3.8) is 0 Å². The third-order valence-electron chi connectivity index (χ3n) is 5.79. The Balaban J connectivity index is 1.54. The summed E-state index contributed by atoms with van der Waals surface area (Å²) < 4.78 is 1.86. The molecule has 0 spiro atoms. The van der Waals surface area contributed by atoms with Gasteiger partial charge in [-0.2, -0.15) is 5.10 Å². The number of benzene rings is 2. The molecule has 0 unspecified atom stereocenters. The van der Waals surface area contributed by atoms with E-state index in [1.165, 1.54) is 5.56 Å². The van der Waals surface area contributed by atoms with Crippen molar-refractivity contribution >= 4 is 5.71 Å². The molecule has 1 atom stereocenters. The summed E-state index contributed by atoms with van der Waals surface area (Å²) in [5.41, 5.74) is 7.42. The number of hydrogen-bond donors (Lipinski definition) is 1. The number of aromatic nitrogens is 3. The Labute approximate surface area is 186 Å². The summed E-state index contributed by atoms with van der Waals surface area (Å²) in [6.45, 7) is 0.861. The van der Waals surface area contributed by atoms with E-state index < -0.39 is 0 Å². The molecule has 32 heavy (non-hydrogen) atoms. The molecule has 0 aliphatic heterocycles. The fourth-order valence-electron chi connectivity index (χ4n) is 4.32. The number of fused-ring (bicyclic) bond motifs is 1. The van der Waals surface area contributed by atoms with Crippen LogP contribution in [0, 0.1) is 0 Å². The van der Waals surface area contributed by atoms with Gasteiger partial charge in [0.2, 0.25) is 0 Å². The Morgan fingerprint density at radius 3 is 2.59 bits per heavy atom. The molecule has 2 aromatic carbocycles. The van der Waals surface area contributed by atoms with E-state index in [9.17, 15) is 5.11 Å². The maximum Gasteiger partial charge on any atom is 0.142 e. The lowest BCUT2D eigenvalue weighted by molar-refractivity contribution is 0.130. The average molecular weight is 425 g/mol. The lowest BCUT2D eigenvalue weighted by Gasteiger charge is -2.14. The smallest absolute Gasteiger partial charge is 0.142 e. The van der Waals surface area contributed by atoms with Crippen molar-refractivity contribution < 1.29 is 9.94 Å². The maximum atomic E-state index is 9.57. The highest BCUT2D eigenvalue weighted by atomic mass is 16.6. The van der Waals surface area contributed by atoms with Gasteiger partial charge in [-0.25, -0.2) is 0 Å². The first-order chi connectivity index (χ1) is 15.8. The van der Waals surface area contributed by atoms with Gasteiger partial charge in [0, 0.05) is 35.0 Å². The zero-order chi connectivity index (χ0) is 21.8. The normalized spacial score (nSPS) is 16.3. The standard InChI is InChI=1S/C26H24N4O2/c31-15-14-30-26(20-10-12-27-13-11-20)24(17-28-30)23-16-21-8-4-5-9-22(21)25(23)29-32-18-19-6-2-1-3-7-19/h1-13,17,23,31H,14-16,18H2/b29-25-/t23-/m0/s1. The molecule has 0 fully saturated rings. The monoisotopic (exact) mass is 424 g/mol. The summed E-state index contributed by atoms with van der Waals surface area (Å²) in [6, 6.07) is 22.3. The van der Waals surface area contributed by atoms with E-state index in [1.54, 1.807) is 12.4 Å². The third-order valence-corrected chi connectivity index (χ3v) is 5.79. The Kier molecular flexibility index (Phi) is 5.77. The molecule has 6 nitrogen and oxygen atoms in total. The molecule has 5 rings (SSSR count). The highest BCUT2D eigenvalue weighted by molar-refractivity contribution is 6.09. The van der Waals surface area contributed by atoms with Crippen LogP contribution in [0.25, 0.3) is 11.3 Å². The van der Waals surface area contributed by atoms with Gasteiger partial charge in [0.25, 0.3) is 0 Å². The number of rotatable bonds is 7. The number of nitrogens with zero attached hydrogens (tertiary/aromatic N) is 4. The molecule has 1 aliphatic carbocycles. The zero-order valence-corrected chi connectivity index (χ0v) is 17.6. The van der Waals surface area contributed by atoms with Gasteiger partial charge in [0.05, 0.1) is 30.8 Å². The van der Waals surface area contributed by atoms with Gasteiger partial charge in [0.15, 0.2) is 0 Å². The second-order valence-corrected chi connectivity index (χ2v) is 7.78. The van der Waals surface area contributed by atoms with Gasteiger partial charge < -0.3 is 9.94 Å². The van der Waals surface area contributed by atoms with Gasteiger partial charge >= 0.3 is 0 Å². The van der Waals surface area contributed by atoms with Crippen molar-refractivity contribution in [3.8, 4) is 11.3 Å². The number of pyridine rings is 1. The van der Waals surface area contributed by atoms with Gasteiger partial charge in [-0.05, 0) is 29.7 Å². The Morgan fingerprint density at radius 1 is 1.00 bits per heavy atom. The minimum atomic E-state index is 0.0128. The van der Waals surface area contributed by atoms with E-state index in [0.717, 1.165) is 40.1 Å². The van der Waals surface area contributed by atoms with Crippen LogP contribution in [0.1, 0.15) is 28.2 Å². The van der Waals surface area contributed by atoms with Gasteiger partial charge in [-0.15, -0.1) is 0 Å².